The van der Waals surface area contributed by atoms with Crippen molar-refractivity contribution in [2.24, 2.45) is 5.92 Å². The van der Waals surface area contributed by atoms with Gasteiger partial charge in [0.1, 0.15) is 5.76 Å². The number of hydrogen-bond acceptors (Lipinski definition) is 4. The second kappa shape index (κ2) is 6.17. The van der Waals surface area contributed by atoms with E-state index < -0.39 is 0 Å². The van der Waals surface area contributed by atoms with E-state index in [0.717, 1.165) is 37.1 Å². The number of nitrogens with zero attached hydrogens (tertiary/aromatic N) is 2. The van der Waals surface area contributed by atoms with Crippen molar-refractivity contribution in [2.45, 2.75) is 32.7 Å². The Hall–Kier alpha value is -0.870. The number of rotatable bonds is 5. The van der Waals surface area contributed by atoms with Gasteiger partial charge in [-0.3, -0.25) is 0 Å². The van der Waals surface area contributed by atoms with Gasteiger partial charge in [0.05, 0.1) is 12.7 Å². The maximum Gasteiger partial charge on any atom is 0.208 e. The van der Waals surface area contributed by atoms with Crippen molar-refractivity contribution in [3.8, 4) is 0 Å². The third-order valence-corrected chi connectivity index (χ3v) is 3.50. The van der Waals surface area contributed by atoms with Crippen LogP contribution in [0.2, 0.25) is 0 Å². The van der Waals surface area contributed by atoms with Crippen LogP contribution in [0.15, 0.2) is 10.6 Å². The van der Waals surface area contributed by atoms with Gasteiger partial charge in [-0.15, -0.1) is 0 Å². The van der Waals surface area contributed by atoms with Crippen LogP contribution in [-0.2, 0) is 13.0 Å². The summed E-state index contributed by atoms with van der Waals surface area (Å²) in [6, 6.07) is 0. The molecule has 0 radical (unpaired) electrons. The van der Waals surface area contributed by atoms with Gasteiger partial charge >= 0.3 is 0 Å². The first-order chi connectivity index (χ1) is 8.28. The Balaban J connectivity index is 1.65. The van der Waals surface area contributed by atoms with E-state index in [-0.39, 0.29) is 0 Å². The lowest BCUT2D eigenvalue weighted by molar-refractivity contribution is 0.215. The minimum Gasteiger partial charge on any atom is -0.444 e. The van der Waals surface area contributed by atoms with Gasteiger partial charge in [-0.25, -0.2) is 4.98 Å². The average Bonchev–Trinajstić information content (AvgIpc) is 2.80. The number of likely N-dealkylation sites (tertiary alicyclic amines) is 1. The minimum absolute atomic E-state index is 0.756. The molecule has 4 heteroatoms. The van der Waals surface area contributed by atoms with Crippen LogP contribution in [0.3, 0.4) is 0 Å². The zero-order valence-electron chi connectivity index (χ0n) is 10.9. The highest BCUT2D eigenvalue weighted by atomic mass is 16.4. The molecule has 0 bridgehead atoms. The van der Waals surface area contributed by atoms with E-state index in [9.17, 15) is 0 Å². The predicted molar refractivity (Wildman–Crippen MR) is 67.8 cm³/mol. The summed E-state index contributed by atoms with van der Waals surface area (Å²) in [5, 5.41) is 3.45. The molecule has 0 atom stereocenters. The highest BCUT2D eigenvalue weighted by Gasteiger charge is 2.16. The topological polar surface area (TPSA) is 41.3 Å². The van der Waals surface area contributed by atoms with Crippen molar-refractivity contribution in [3.63, 3.8) is 0 Å². The molecule has 1 fully saturated rings. The van der Waals surface area contributed by atoms with E-state index in [1.807, 2.05) is 6.20 Å². The maximum absolute atomic E-state index is 5.56. The van der Waals surface area contributed by atoms with Crippen molar-refractivity contribution in [1.82, 2.24) is 15.2 Å². The Labute approximate surface area is 103 Å². The van der Waals surface area contributed by atoms with Crippen molar-refractivity contribution in [3.05, 3.63) is 17.8 Å². The first-order valence-corrected chi connectivity index (χ1v) is 6.60. The Morgan fingerprint density at radius 2 is 2.24 bits per heavy atom. The van der Waals surface area contributed by atoms with Gasteiger partial charge < -0.3 is 14.6 Å². The molecule has 2 heterocycles. The summed E-state index contributed by atoms with van der Waals surface area (Å²) in [6.07, 6.45) is 5.35. The third kappa shape index (κ3) is 3.82. The largest absolute Gasteiger partial charge is 0.444 e. The van der Waals surface area contributed by atoms with Crippen LogP contribution in [0.5, 0.6) is 0 Å². The van der Waals surface area contributed by atoms with Crippen LogP contribution >= 0.6 is 0 Å². The molecule has 0 aliphatic carbocycles. The molecule has 1 aromatic rings. The van der Waals surface area contributed by atoms with Crippen LogP contribution in [0, 0.1) is 5.92 Å². The lowest BCUT2D eigenvalue weighted by Crippen LogP contribution is -2.34. The predicted octanol–water partition coefficient (Wildman–Crippen LogP) is 1.67. The minimum atomic E-state index is 0.756. The van der Waals surface area contributed by atoms with Crippen molar-refractivity contribution < 1.29 is 4.42 Å². The van der Waals surface area contributed by atoms with E-state index in [1.165, 1.54) is 25.9 Å². The number of oxazole rings is 1. The third-order valence-electron chi connectivity index (χ3n) is 3.50. The molecule has 17 heavy (non-hydrogen) atoms. The smallest absolute Gasteiger partial charge is 0.208 e. The quantitative estimate of drug-likeness (QED) is 0.846. The fourth-order valence-electron chi connectivity index (χ4n) is 2.24. The lowest BCUT2D eigenvalue weighted by atomic mass is 9.97. The monoisotopic (exact) mass is 237 g/mol. The second-order valence-electron chi connectivity index (χ2n) is 4.95. The van der Waals surface area contributed by atoms with Crippen LogP contribution in [-0.4, -0.2) is 36.6 Å². The molecule has 0 saturated carbocycles. The highest BCUT2D eigenvalue weighted by Crippen LogP contribution is 2.14. The zero-order valence-corrected chi connectivity index (χ0v) is 10.9. The lowest BCUT2D eigenvalue weighted by Gasteiger charge is -2.28. The normalized spacial score (nSPS) is 18.7. The molecule has 1 N–H and O–H groups in total. The van der Waals surface area contributed by atoms with Gasteiger partial charge in [0, 0.05) is 6.42 Å². The first kappa shape index (κ1) is 12.6. The van der Waals surface area contributed by atoms with Gasteiger partial charge in [0.2, 0.25) is 5.89 Å². The van der Waals surface area contributed by atoms with Gasteiger partial charge in [-0.05, 0) is 45.4 Å². The molecule has 0 unspecified atom stereocenters. The molecule has 0 spiro atoms. The molecule has 0 amide bonds. The summed E-state index contributed by atoms with van der Waals surface area (Å²) < 4.78 is 5.56. The van der Waals surface area contributed by atoms with E-state index in [2.05, 4.69) is 29.2 Å². The molecule has 96 valence electrons. The van der Waals surface area contributed by atoms with E-state index in [1.54, 1.807) is 0 Å². The summed E-state index contributed by atoms with van der Waals surface area (Å²) in [5.41, 5.74) is 0. The molecule has 2 rings (SSSR count). The highest BCUT2D eigenvalue weighted by molar-refractivity contribution is 4.93. The Morgan fingerprint density at radius 3 is 2.88 bits per heavy atom. The summed E-state index contributed by atoms with van der Waals surface area (Å²) in [5.74, 6) is 2.60. The summed E-state index contributed by atoms with van der Waals surface area (Å²) in [4.78, 5) is 6.65. The second-order valence-corrected chi connectivity index (χ2v) is 4.95. The zero-order chi connectivity index (χ0) is 12.1. The summed E-state index contributed by atoms with van der Waals surface area (Å²) >= 11 is 0. The number of aryl methyl sites for hydroxylation is 1. The number of aromatic nitrogens is 1. The van der Waals surface area contributed by atoms with E-state index in [0.29, 0.717) is 0 Å². The maximum atomic E-state index is 5.56. The van der Waals surface area contributed by atoms with Crippen LogP contribution in [0.1, 0.15) is 31.4 Å². The van der Waals surface area contributed by atoms with Crippen LogP contribution in [0.4, 0.5) is 0 Å². The van der Waals surface area contributed by atoms with Crippen molar-refractivity contribution >= 4 is 0 Å². The Kier molecular flexibility index (Phi) is 4.57. The molecule has 0 aromatic carbocycles. The molecular weight excluding hydrogens is 214 g/mol. The van der Waals surface area contributed by atoms with E-state index in [4.69, 9.17) is 4.42 Å². The molecule has 1 aromatic heterocycles. The fourth-order valence-corrected chi connectivity index (χ4v) is 2.24. The SMILES string of the molecule is CCc1cnc(CNCC2CCN(C)CC2)o1. The van der Waals surface area contributed by atoms with Gasteiger partial charge in [0.25, 0.3) is 0 Å². The molecule has 1 aliphatic rings. The number of hydrogen-bond donors (Lipinski definition) is 1. The molecule has 1 saturated heterocycles. The molecular formula is C13H23N3O. The van der Waals surface area contributed by atoms with Crippen molar-refractivity contribution in [2.75, 3.05) is 26.7 Å². The van der Waals surface area contributed by atoms with Gasteiger partial charge in [0.15, 0.2) is 0 Å². The summed E-state index contributed by atoms with van der Waals surface area (Å²) in [7, 11) is 2.20. The standard InChI is InChI=1S/C13H23N3O/c1-3-12-9-15-13(17-12)10-14-8-11-4-6-16(2)7-5-11/h9,11,14H,3-8,10H2,1-2H3. The average molecular weight is 237 g/mol. The molecule has 4 nitrogen and oxygen atoms in total. The Morgan fingerprint density at radius 1 is 1.47 bits per heavy atom. The first-order valence-electron chi connectivity index (χ1n) is 6.60. The summed E-state index contributed by atoms with van der Waals surface area (Å²) in [6.45, 7) is 6.37. The van der Waals surface area contributed by atoms with Gasteiger partial charge in [-0.2, -0.15) is 0 Å². The number of nitrogens with one attached hydrogen (secondary N) is 1. The van der Waals surface area contributed by atoms with Crippen LogP contribution < -0.4 is 5.32 Å². The van der Waals surface area contributed by atoms with Crippen molar-refractivity contribution in [1.29, 1.82) is 0 Å². The van der Waals surface area contributed by atoms with E-state index >= 15 is 0 Å². The molecule has 1 aliphatic heterocycles. The number of piperidine rings is 1. The van der Waals surface area contributed by atoms with Gasteiger partial charge in [-0.1, -0.05) is 6.92 Å². The van der Waals surface area contributed by atoms with Crippen LogP contribution in [0.25, 0.3) is 0 Å². The fraction of sp³-hybridized carbons (Fsp3) is 0.769. The Bertz CT molecular complexity index is 329.